The number of rotatable bonds is 3. The molecule has 0 amide bonds. The van der Waals surface area contributed by atoms with Crippen LogP contribution in [0.4, 0.5) is 5.82 Å². The highest BCUT2D eigenvalue weighted by molar-refractivity contribution is 6.29. The second kappa shape index (κ2) is 4.40. The quantitative estimate of drug-likeness (QED) is 0.794. The molecule has 0 saturated heterocycles. The molecular formula is C12H17ClN2. The van der Waals surface area contributed by atoms with Crippen LogP contribution in [0.1, 0.15) is 26.7 Å². The van der Waals surface area contributed by atoms with E-state index < -0.39 is 0 Å². The van der Waals surface area contributed by atoms with Crippen molar-refractivity contribution >= 4 is 17.4 Å². The Kier molecular flexibility index (Phi) is 3.15. The van der Waals surface area contributed by atoms with Gasteiger partial charge in [-0.05, 0) is 36.8 Å². The van der Waals surface area contributed by atoms with Crippen molar-refractivity contribution in [1.82, 2.24) is 4.98 Å². The molecular weight excluding hydrogens is 208 g/mol. The third-order valence-corrected chi connectivity index (χ3v) is 3.39. The monoisotopic (exact) mass is 224 g/mol. The van der Waals surface area contributed by atoms with E-state index in [1.54, 1.807) is 6.07 Å². The van der Waals surface area contributed by atoms with E-state index in [9.17, 15) is 0 Å². The number of pyridine rings is 1. The van der Waals surface area contributed by atoms with Crippen LogP contribution in [0.3, 0.4) is 0 Å². The average molecular weight is 225 g/mol. The minimum atomic E-state index is 0.555. The molecule has 1 aromatic heterocycles. The Morgan fingerprint density at radius 3 is 2.73 bits per heavy atom. The van der Waals surface area contributed by atoms with E-state index in [4.69, 9.17) is 11.6 Å². The minimum Gasteiger partial charge on any atom is -0.367 e. The molecule has 0 aliphatic heterocycles. The van der Waals surface area contributed by atoms with Gasteiger partial charge in [-0.15, -0.1) is 0 Å². The van der Waals surface area contributed by atoms with E-state index in [2.05, 4.69) is 24.1 Å². The van der Waals surface area contributed by atoms with Gasteiger partial charge in [-0.2, -0.15) is 0 Å². The normalized spacial score (nSPS) is 25.1. The summed E-state index contributed by atoms with van der Waals surface area (Å²) in [6.07, 6.45) is 2.51. The van der Waals surface area contributed by atoms with Crippen molar-refractivity contribution in [1.29, 1.82) is 0 Å². The van der Waals surface area contributed by atoms with Gasteiger partial charge < -0.3 is 5.32 Å². The second-order valence-corrected chi connectivity index (χ2v) is 5.05. The van der Waals surface area contributed by atoms with Gasteiger partial charge in [0.1, 0.15) is 11.0 Å². The van der Waals surface area contributed by atoms with Crippen LogP contribution in [-0.4, -0.2) is 11.0 Å². The molecule has 2 rings (SSSR count). The highest BCUT2D eigenvalue weighted by Gasteiger charge is 2.31. The Morgan fingerprint density at radius 2 is 2.13 bits per heavy atom. The van der Waals surface area contributed by atoms with E-state index in [0.717, 1.165) is 17.7 Å². The van der Waals surface area contributed by atoms with E-state index >= 15 is 0 Å². The molecule has 82 valence electrons. The Hall–Kier alpha value is -0.760. The van der Waals surface area contributed by atoms with E-state index in [1.807, 2.05) is 12.1 Å². The van der Waals surface area contributed by atoms with Gasteiger partial charge in [0.25, 0.3) is 0 Å². The summed E-state index contributed by atoms with van der Waals surface area (Å²) in [6.45, 7) is 4.58. The molecule has 0 bridgehead atoms. The molecule has 0 spiro atoms. The lowest BCUT2D eigenvalue weighted by Gasteiger charge is -2.38. The first-order valence-corrected chi connectivity index (χ1v) is 5.92. The molecule has 2 nitrogen and oxygen atoms in total. The maximum Gasteiger partial charge on any atom is 0.131 e. The Bertz CT molecular complexity index is 332. The predicted octanol–water partition coefficient (Wildman–Crippen LogP) is 3.58. The smallest absolute Gasteiger partial charge is 0.131 e. The summed E-state index contributed by atoms with van der Waals surface area (Å²) in [4.78, 5) is 4.22. The molecule has 1 aromatic rings. The van der Waals surface area contributed by atoms with Gasteiger partial charge >= 0.3 is 0 Å². The van der Waals surface area contributed by atoms with Gasteiger partial charge in [0.05, 0.1) is 0 Å². The highest BCUT2D eigenvalue weighted by Crippen LogP contribution is 2.35. The summed E-state index contributed by atoms with van der Waals surface area (Å²) >= 11 is 5.82. The zero-order valence-electron chi connectivity index (χ0n) is 9.20. The lowest BCUT2D eigenvalue weighted by atomic mass is 9.74. The molecule has 1 aliphatic carbocycles. The number of hydrogen-bond acceptors (Lipinski definition) is 2. The Labute approximate surface area is 96.1 Å². The van der Waals surface area contributed by atoms with E-state index in [1.165, 1.54) is 12.8 Å². The summed E-state index contributed by atoms with van der Waals surface area (Å²) in [5, 5.41) is 3.96. The van der Waals surface area contributed by atoms with Crippen molar-refractivity contribution in [3.8, 4) is 0 Å². The summed E-state index contributed by atoms with van der Waals surface area (Å²) < 4.78 is 0. The SMILES string of the molecule is CC(C)C1CC(Nc2cccc(Cl)n2)C1. The van der Waals surface area contributed by atoms with Gasteiger partial charge in [0.2, 0.25) is 0 Å². The first-order valence-electron chi connectivity index (χ1n) is 5.54. The molecule has 1 aliphatic rings. The molecule has 0 atom stereocenters. The Morgan fingerprint density at radius 1 is 1.40 bits per heavy atom. The van der Waals surface area contributed by atoms with Crippen LogP contribution in [0, 0.1) is 11.8 Å². The van der Waals surface area contributed by atoms with Crippen LogP contribution in [0.2, 0.25) is 5.15 Å². The zero-order valence-corrected chi connectivity index (χ0v) is 9.96. The molecule has 1 fully saturated rings. The number of halogens is 1. The van der Waals surface area contributed by atoms with Gasteiger partial charge in [-0.25, -0.2) is 4.98 Å². The number of hydrogen-bond donors (Lipinski definition) is 1. The predicted molar refractivity (Wildman–Crippen MR) is 64.2 cm³/mol. The lowest BCUT2D eigenvalue weighted by molar-refractivity contribution is 0.211. The van der Waals surface area contributed by atoms with Gasteiger partial charge in [-0.1, -0.05) is 31.5 Å². The third kappa shape index (κ3) is 2.63. The van der Waals surface area contributed by atoms with E-state index in [-0.39, 0.29) is 0 Å². The largest absolute Gasteiger partial charge is 0.367 e. The third-order valence-electron chi connectivity index (χ3n) is 3.18. The van der Waals surface area contributed by atoms with Crippen molar-refractivity contribution < 1.29 is 0 Å². The summed E-state index contributed by atoms with van der Waals surface area (Å²) in [5.41, 5.74) is 0. The fraction of sp³-hybridized carbons (Fsp3) is 0.583. The van der Waals surface area contributed by atoms with Gasteiger partial charge in [0, 0.05) is 6.04 Å². The number of aromatic nitrogens is 1. The molecule has 0 radical (unpaired) electrons. The zero-order chi connectivity index (χ0) is 10.8. The fourth-order valence-electron chi connectivity index (χ4n) is 2.02. The molecule has 1 N–H and O–H groups in total. The van der Waals surface area contributed by atoms with Crippen LogP contribution in [-0.2, 0) is 0 Å². The highest BCUT2D eigenvalue weighted by atomic mass is 35.5. The maximum absolute atomic E-state index is 5.82. The molecule has 15 heavy (non-hydrogen) atoms. The van der Waals surface area contributed by atoms with Crippen LogP contribution in [0.5, 0.6) is 0 Å². The van der Waals surface area contributed by atoms with Crippen molar-refractivity contribution in [2.24, 2.45) is 11.8 Å². The van der Waals surface area contributed by atoms with Gasteiger partial charge in [0.15, 0.2) is 0 Å². The van der Waals surface area contributed by atoms with Crippen LogP contribution < -0.4 is 5.32 Å². The second-order valence-electron chi connectivity index (χ2n) is 4.66. The lowest BCUT2D eigenvalue weighted by Crippen LogP contribution is -2.38. The topological polar surface area (TPSA) is 24.9 Å². The molecule has 1 heterocycles. The van der Waals surface area contributed by atoms with Crippen LogP contribution in [0.15, 0.2) is 18.2 Å². The van der Waals surface area contributed by atoms with Gasteiger partial charge in [-0.3, -0.25) is 0 Å². The first-order chi connectivity index (χ1) is 7.15. The number of nitrogens with one attached hydrogen (secondary N) is 1. The average Bonchev–Trinajstić information content (AvgIpc) is 2.10. The molecule has 0 unspecified atom stereocenters. The summed E-state index contributed by atoms with van der Waals surface area (Å²) in [5.74, 6) is 2.58. The summed E-state index contributed by atoms with van der Waals surface area (Å²) in [6, 6.07) is 6.28. The van der Waals surface area contributed by atoms with Crippen molar-refractivity contribution in [2.75, 3.05) is 5.32 Å². The molecule has 0 aromatic carbocycles. The van der Waals surface area contributed by atoms with E-state index in [0.29, 0.717) is 11.2 Å². The number of nitrogens with zero attached hydrogens (tertiary/aromatic N) is 1. The maximum atomic E-state index is 5.82. The van der Waals surface area contributed by atoms with Crippen LogP contribution in [0.25, 0.3) is 0 Å². The molecule has 1 saturated carbocycles. The fourth-order valence-corrected chi connectivity index (χ4v) is 2.19. The summed E-state index contributed by atoms with van der Waals surface area (Å²) in [7, 11) is 0. The Balaban J connectivity index is 1.85. The van der Waals surface area contributed by atoms with Crippen molar-refractivity contribution in [2.45, 2.75) is 32.7 Å². The minimum absolute atomic E-state index is 0.555. The van der Waals surface area contributed by atoms with Crippen molar-refractivity contribution in [3.05, 3.63) is 23.4 Å². The standard InChI is InChI=1S/C12H17ClN2/c1-8(2)9-6-10(7-9)14-12-5-3-4-11(13)15-12/h3-5,8-10H,6-7H2,1-2H3,(H,14,15). The van der Waals surface area contributed by atoms with Crippen LogP contribution >= 0.6 is 11.6 Å². The molecule has 3 heteroatoms. The number of anilines is 1. The van der Waals surface area contributed by atoms with Crippen molar-refractivity contribution in [3.63, 3.8) is 0 Å². The first kappa shape index (κ1) is 10.7.